The van der Waals surface area contributed by atoms with E-state index in [1.807, 2.05) is 26.0 Å². The Hall–Kier alpha value is -5.87. The predicted octanol–water partition coefficient (Wildman–Crippen LogP) is 6.75. The molecule has 2 aliphatic rings. The SMILES string of the molecule is C=C1CN(Cc2cccc(-c3cc(CNC(=O)c4c(F)c(F)c(F)c(C(=O)NCc5c(CC)nc6c(cnn6CC)c5NC5CCOCC5)c4F)ccc3F)c2)CCN1. The van der Waals surface area contributed by atoms with Gasteiger partial charge >= 0.3 is 0 Å². The van der Waals surface area contributed by atoms with Crippen LogP contribution in [0.25, 0.3) is 22.2 Å². The van der Waals surface area contributed by atoms with Gasteiger partial charge in [-0.2, -0.15) is 5.10 Å². The highest BCUT2D eigenvalue weighted by Crippen LogP contribution is 2.32. The molecule has 3 aromatic carbocycles. The summed E-state index contributed by atoms with van der Waals surface area (Å²) in [7, 11) is 0. The van der Waals surface area contributed by atoms with E-state index >= 15 is 22.0 Å². The quantitative estimate of drug-likeness (QED) is 0.0585. The van der Waals surface area contributed by atoms with Crippen LogP contribution in [0.15, 0.2) is 60.9 Å². The third kappa shape index (κ3) is 8.78. The molecule has 2 saturated heterocycles. The zero-order valence-electron chi connectivity index (χ0n) is 32.8. The fourth-order valence-corrected chi connectivity index (χ4v) is 7.59. The third-order valence-corrected chi connectivity index (χ3v) is 10.7. The second kappa shape index (κ2) is 18.0. The number of rotatable bonds is 13. The molecule has 0 radical (unpaired) electrons. The van der Waals surface area contributed by atoms with Crippen LogP contribution in [0.2, 0.25) is 0 Å². The number of nitrogens with one attached hydrogen (secondary N) is 4. The lowest BCUT2D eigenvalue weighted by Crippen LogP contribution is -2.41. The molecule has 2 fully saturated rings. The van der Waals surface area contributed by atoms with Crippen LogP contribution >= 0.6 is 0 Å². The van der Waals surface area contributed by atoms with E-state index in [1.165, 1.54) is 18.2 Å². The van der Waals surface area contributed by atoms with Crippen molar-refractivity contribution in [2.45, 2.75) is 65.3 Å². The average molecular weight is 817 g/mol. The first-order valence-corrected chi connectivity index (χ1v) is 19.6. The smallest absolute Gasteiger partial charge is 0.257 e. The van der Waals surface area contributed by atoms with Crippen LogP contribution in [0, 0.1) is 29.1 Å². The monoisotopic (exact) mass is 816 g/mol. The fraction of sp³-hybridized carbons (Fsp3) is 0.349. The molecule has 59 heavy (non-hydrogen) atoms. The summed E-state index contributed by atoms with van der Waals surface area (Å²) in [5.41, 5.74) is 2.39. The Balaban J connectivity index is 1.10. The van der Waals surface area contributed by atoms with Gasteiger partial charge in [0.05, 0.1) is 17.3 Å². The van der Waals surface area contributed by atoms with Gasteiger partial charge in [0.15, 0.2) is 28.9 Å². The number of amides is 2. The number of hydrogen-bond donors (Lipinski definition) is 4. The summed E-state index contributed by atoms with van der Waals surface area (Å²) in [5, 5.41) is 16.6. The maximum atomic E-state index is 16.0. The number of ether oxygens (including phenoxy) is 1. The Kier molecular flexibility index (Phi) is 12.6. The normalized spacial score (nSPS) is 15.0. The largest absolute Gasteiger partial charge is 0.386 e. The van der Waals surface area contributed by atoms with Crippen LogP contribution in [-0.4, -0.2) is 70.4 Å². The fourth-order valence-electron chi connectivity index (χ4n) is 7.59. The van der Waals surface area contributed by atoms with Gasteiger partial charge in [-0.05, 0) is 61.1 Å². The van der Waals surface area contributed by atoms with Crippen LogP contribution in [0.4, 0.5) is 27.6 Å². The molecule has 2 aliphatic heterocycles. The number of hydrogen-bond acceptors (Lipinski definition) is 8. The van der Waals surface area contributed by atoms with Crippen LogP contribution < -0.4 is 21.3 Å². The van der Waals surface area contributed by atoms with Crippen molar-refractivity contribution in [2.75, 3.05) is 38.2 Å². The molecular weight excluding hydrogens is 772 g/mol. The van der Waals surface area contributed by atoms with Gasteiger partial charge in [-0.1, -0.05) is 37.8 Å². The van der Waals surface area contributed by atoms with Crippen molar-refractivity contribution in [3.05, 3.63) is 124 Å². The summed E-state index contributed by atoms with van der Waals surface area (Å²) >= 11 is 0. The minimum atomic E-state index is -2.19. The first-order valence-electron chi connectivity index (χ1n) is 19.6. The molecule has 0 atom stereocenters. The number of fused-ring (bicyclic) bond motifs is 1. The zero-order chi connectivity index (χ0) is 41.8. The predicted molar refractivity (Wildman–Crippen MR) is 213 cm³/mol. The molecule has 310 valence electrons. The summed E-state index contributed by atoms with van der Waals surface area (Å²) in [6, 6.07) is 11.4. The van der Waals surface area contributed by atoms with E-state index < -0.39 is 52.0 Å². The molecule has 4 N–H and O–H groups in total. The van der Waals surface area contributed by atoms with Crippen molar-refractivity contribution >= 4 is 28.5 Å². The van der Waals surface area contributed by atoms with Gasteiger partial charge in [0.2, 0.25) is 0 Å². The number of piperazine rings is 1. The topological polar surface area (TPSA) is 125 Å². The third-order valence-electron chi connectivity index (χ3n) is 10.7. The summed E-state index contributed by atoms with van der Waals surface area (Å²) in [4.78, 5) is 33.8. The number of carbonyl (C=O) groups excluding carboxylic acids is 2. The van der Waals surface area contributed by atoms with Crippen molar-refractivity contribution in [1.29, 1.82) is 0 Å². The Labute approximate surface area is 338 Å². The minimum absolute atomic E-state index is 0.0160. The van der Waals surface area contributed by atoms with Crippen LogP contribution in [0.5, 0.6) is 0 Å². The van der Waals surface area contributed by atoms with Gasteiger partial charge in [0.25, 0.3) is 11.8 Å². The van der Waals surface area contributed by atoms with E-state index in [4.69, 9.17) is 9.72 Å². The first kappa shape index (κ1) is 41.3. The molecule has 11 nitrogen and oxygen atoms in total. The lowest BCUT2D eigenvalue weighted by molar-refractivity contribution is 0.0904. The number of carbonyl (C=O) groups is 2. The van der Waals surface area contributed by atoms with Crippen LogP contribution in [0.3, 0.4) is 0 Å². The van der Waals surface area contributed by atoms with E-state index in [2.05, 4.69) is 37.8 Å². The molecule has 0 bridgehead atoms. The summed E-state index contributed by atoms with van der Waals surface area (Å²) < 4.78 is 83.9. The van der Waals surface area contributed by atoms with Gasteiger partial charge in [-0.15, -0.1) is 0 Å². The van der Waals surface area contributed by atoms with Crippen molar-refractivity contribution in [3.8, 4) is 11.1 Å². The second-order valence-corrected chi connectivity index (χ2v) is 14.6. The Morgan fingerprint density at radius 1 is 0.915 bits per heavy atom. The number of anilines is 1. The summed E-state index contributed by atoms with van der Waals surface area (Å²) in [6.07, 6.45) is 3.49. The zero-order valence-corrected chi connectivity index (χ0v) is 32.8. The minimum Gasteiger partial charge on any atom is -0.386 e. The van der Waals surface area contributed by atoms with Crippen LogP contribution in [-0.2, 0) is 37.3 Å². The molecule has 2 aromatic heterocycles. The Morgan fingerprint density at radius 3 is 2.34 bits per heavy atom. The Morgan fingerprint density at radius 2 is 1.64 bits per heavy atom. The number of halogens is 5. The van der Waals surface area contributed by atoms with Crippen molar-refractivity contribution < 1.29 is 36.3 Å². The van der Waals surface area contributed by atoms with Gasteiger partial charge in [-0.3, -0.25) is 14.5 Å². The number of aryl methyl sites for hydroxylation is 2. The number of nitrogens with zero attached hydrogens (tertiary/aromatic N) is 4. The maximum absolute atomic E-state index is 16.0. The number of pyridine rings is 1. The summed E-state index contributed by atoms with van der Waals surface area (Å²) in [5.74, 6) is -11.7. The lowest BCUT2D eigenvalue weighted by Gasteiger charge is -2.29. The molecule has 16 heteroatoms. The molecule has 0 saturated carbocycles. The second-order valence-electron chi connectivity index (χ2n) is 14.6. The maximum Gasteiger partial charge on any atom is 0.257 e. The van der Waals surface area contributed by atoms with Crippen molar-refractivity contribution in [2.24, 2.45) is 0 Å². The summed E-state index contributed by atoms with van der Waals surface area (Å²) in [6.45, 7) is 11.6. The van der Waals surface area contributed by atoms with E-state index in [1.54, 1.807) is 23.0 Å². The lowest BCUT2D eigenvalue weighted by atomic mass is 10.00. The highest BCUT2D eigenvalue weighted by molar-refractivity contribution is 6.01. The molecular formula is C43H45F5N8O3. The van der Waals surface area contributed by atoms with E-state index in [0.717, 1.165) is 24.4 Å². The molecule has 7 rings (SSSR count). The molecule has 0 spiro atoms. The Bertz CT molecular complexity index is 2420. The number of benzene rings is 3. The highest BCUT2D eigenvalue weighted by Gasteiger charge is 2.33. The standard InChI is InChI=1S/C43H45F5N8O3/c1-4-33-30(40(53-28-11-15-59-16-12-28)31-21-52-56(5-2)41(31)54-33)20-51-43(58)35-36(45)34(37(46)39(48)38(35)47)42(57)50-19-25-9-10-32(44)29(18-25)27-8-6-7-26(17-27)23-55-14-13-49-24(3)22-55/h6-10,17-18,21,28,49H,3-5,11-16,19-20,22-23H2,1-2H3,(H,50,57)(H,51,58)(H,53,54). The van der Waals surface area contributed by atoms with E-state index in [0.29, 0.717) is 91.2 Å². The van der Waals surface area contributed by atoms with Gasteiger partial charge in [-0.25, -0.2) is 31.6 Å². The van der Waals surface area contributed by atoms with Gasteiger partial charge < -0.3 is 26.0 Å². The van der Waals surface area contributed by atoms with Gasteiger partial charge in [0.1, 0.15) is 16.9 Å². The van der Waals surface area contributed by atoms with Crippen molar-refractivity contribution in [1.82, 2.24) is 35.6 Å². The number of aromatic nitrogens is 3. The highest BCUT2D eigenvalue weighted by atomic mass is 19.2. The van der Waals surface area contributed by atoms with Crippen molar-refractivity contribution in [3.63, 3.8) is 0 Å². The molecule has 4 heterocycles. The average Bonchev–Trinajstić information content (AvgIpc) is 3.65. The first-order chi connectivity index (χ1) is 28.5. The van der Waals surface area contributed by atoms with Gasteiger partial charge in [0, 0.05) is 87.6 Å². The van der Waals surface area contributed by atoms with E-state index in [-0.39, 0.29) is 24.7 Å². The molecule has 5 aromatic rings. The van der Waals surface area contributed by atoms with Crippen LogP contribution in [0.1, 0.15) is 69.8 Å². The molecule has 0 aliphatic carbocycles. The molecule has 0 unspecified atom stereocenters. The molecule has 2 amide bonds. The van der Waals surface area contributed by atoms with E-state index in [9.17, 15) is 9.59 Å².